The minimum absolute atomic E-state index is 0.0444. The highest BCUT2D eigenvalue weighted by molar-refractivity contribution is 14.1. The van der Waals surface area contributed by atoms with Gasteiger partial charge >= 0.3 is 0 Å². The molecule has 0 bridgehead atoms. The molecule has 0 aliphatic carbocycles. The van der Waals surface area contributed by atoms with E-state index >= 15 is 0 Å². The SMILES string of the molecule is OCCOc1ccc(CNCc2sccc2I)cc1. The topological polar surface area (TPSA) is 41.5 Å². The van der Waals surface area contributed by atoms with Crippen LogP contribution in [0.3, 0.4) is 0 Å². The minimum Gasteiger partial charge on any atom is -0.491 e. The van der Waals surface area contributed by atoms with Gasteiger partial charge in [-0.25, -0.2) is 0 Å². The molecule has 1 heterocycles. The van der Waals surface area contributed by atoms with Gasteiger partial charge < -0.3 is 15.2 Å². The van der Waals surface area contributed by atoms with E-state index < -0.39 is 0 Å². The molecule has 0 saturated heterocycles. The zero-order chi connectivity index (χ0) is 13.5. The van der Waals surface area contributed by atoms with Crippen LogP contribution in [0.2, 0.25) is 0 Å². The van der Waals surface area contributed by atoms with Crippen LogP contribution in [0.1, 0.15) is 10.4 Å². The third-order valence-corrected chi connectivity index (χ3v) is 4.89. The van der Waals surface area contributed by atoms with Crippen molar-refractivity contribution < 1.29 is 9.84 Å². The number of hydrogen-bond donors (Lipinski definition) is 2. The summed E-state index contributed by atoms with van der Waals surface area (Å²) < 4.78 is 6.64. The molecule has 0 radical (unpaired) electrons. The molecular weight excluding hydrogens is 373 g/mol. The Labute approximate surface area is 130 Å². The van der Waals surface area contributed by atoms with Gasteiger partial charge in [0.2, 0.25) is 0 Å². The normalized spacial score (nSPS) is 10.6. The molecule has 2 rings (SSSR count). The van der Waals surface area contributed by atoms with Crippen molar-refractivity contribution in [2.45, 2.75) is 13.1 Å². The molecular formula is C14H16INO2S. The lowest BCUT2D eigenvalue weighted by atomic mass is 10.2. The van der Waals surface area contributed by atoms with Crippen LogP contribution in [0, 0.1) is 3.57 Å². The van der Waals surface area contributed by atoms with Crippen LogP contribution in [-0.4, -0.2) is 18.3 Å². The van der Waals surface area contributed by atoms with Gasteiger partial charge in [0, 0.05) is 21.5 Å². The molecule has 1 aromatic heterocycles. The Morgan fingerprint density at radius 1 is 1.16 bits per heavy atom. The van der Waals surface area contributed by atoms with Gasteiger partial charge in [0.1, 0.15) is 12.4 Å². The maximum atomic E-state index is 8.68. The van der Waals surface area contributed by atoms with Crippen LogP contribution in [0.25, 0.3) is 0 Å². The molecule has 102 valence electrons. The standard InChI is InChI=1S/C14H16INO2S/c15-13-5-8-19-14(13)10-16-9-11-1-3-12(4-2-11)18-7-6-17/h1-5,8,16-17H,6-7,9-10H2. The first-order chi connectivity index (χ1) is 9.29. The van der Waals surface area contributed by atoms with E-state index in [1.807, 2.05) is 24.3 Å². The van der Waals surface area contributed by atoms with Gasteiger partial charge in [0.15, 0.2) is 0 Å². The van der Waals surface area contributed by atoms with Gasteiger partial charge in [-0.1, -0.05) is 12.1 Å². The molecule has 0 unspecified atom stereocenters. The molecule has 0 saturated carbocycles. The largest absolute Gasteiger partial charge is 0.491 e. The van der Waals surface area contributed by atoms with Crippen LogP contribution in [0.15, 0.2) is 35.7 Å². The van der Waals surface area contributed by atoms with Crippen molar-refractivity contribution in [2.75, 3.05) is 13.2 Å². The zero-order valence-electron chi connectivity index (χ0n) is 10.4. The van der Waals surface area contributed by atoms with Crippen molar-refractivity contribution in [3.8, 4) is 5.75 Å². The summed E-state index contributed by atoms with van der Waals surface area (Å²) in [4.78, 5) is 1.38. The molecule has 3 nitrogen and oxygen atoms in total. The van der Waals surface area contributed by atoms with Crippen molar-refractivity contribution in [1.29, 1.82) is 0 Å². The summed E-state index contributed by atoms with van der Waals surface area (Å²) in [7, 11) is 0. The smallest absolute Gasteiger partial charge is 0.119 e. The molecule has 0 aliphatic rings. The van der Waals surface area contributed by atoms with E-state index in [1.54, 1.807) is 11.3 Å². The highest BCUT2D eigenvalue weighted by Crippen LogP contribution is 2.18. The maximum absolute atomic E-state index is 8.68. The lowest BCUT2D eigenvalue weighted by Gasteiger charge is -2.07. The van der Waals surface area contributed by atoms with Crippen molar-refractivity contribution >= 4 is 33.9 Å². The van der Waals surface area contributed by atoms with Gasteiger partial charge in [0.05, 0.1) is 6.61 Å². The number of aliphatic hydroxyl groups excluding tert-OH is 1. The highest BCUT2D eigenvalue weighted by Gasteiger charge is 2.00. The van der Waals surface area contributed by atoms with Gasteiger partial charge in [0.25, 0.3) is 0 Å². The second kappa shape index (κ2) is 7.84. The Balaban J connectivity index is 1.78. The highest BCUT2D eigenvalue weighted by atomic mass is 127. The number of benzene rings is 1. The number of aliphatic hydroxyl groups is 1. The van der Waals surface area contributed by atoms with E-state index in [2.05, 4.69) is 39.4 Å². The van der Waals surface area contributed by atoms with E-state index in [-0.39, 0.29) is 6.61 Å². The first-order valence-corrected chi connectivity index (χ1v) is 8.00. The van der Waals surface area contributed by atoms with E-state index in [1.165, 1.54) is 14.0 Å². The summed E-state index contributed by atoms with van der Waals surface area (Å²) in [5, 5.41) is 14.2. The molecule has 5 heteroatoms. The maximum Gasteiger partial charge on any atom is 0.119 e. The Morgan fingerprint density at radius 3 is 2.58 bits per heavy atom. The number of hydrogen-bond acceptors (Lipinski definition) is 4. The fourth-order valence-corrected chi connectivity index (χ4v) is 3.37. The van der Waals surface area contributed by atoms with Crippen molar-refractivity contribution in [3.63, 3.8) is 0 Å². The monoisotopic (exact) mass is 389 g/mol. The van der Waals surface area contributed by atoms with Crippen molar-refractivity contribution in [3.05, 3.63) is 49.7 Å². The van der Waals surface area contributed by atoms with Crippen molar-refractivity contribution in [2.24, 2.45) is 0 Å². The molecule has 19 heavy (non-hydrogen) atoms. The number of nitrogens with one attached hydrogen (secondary N) is 1. The van der Waals surface area contributed by atoms with E-state index in [4.69, 9.17) is 9.84 Å². The summed E-state index contributed by atoms with van der Waals surface area (Å²) in [5.41, 5.74) is 1.22. The fraction of sp³-hybridized carbons (Fsp3) is 0.286. The van der Waals surface area contributed by atoms with E-state index in [9.17, 15) is 0 Å². The van der Waals surface area contributed by atoms with E-state index in [0.717, 1.165) is 18.8 Å². The second-order valence-electron chi connectivity index (χ2n) is 4.01. The summed E-state index contributed by atoms with van der Waals surface area (Å²) >= 11 is 4.14. The second-order valence-corrected chi connectivity index (χ2v) is 6.17. The lowest BCUT2D eigenvalue weighted by Crippen LogP contribution is -2.12. The average Bonchev–Trinajstić information content (AvgIpc) is 2.84. The van der Waals surface area contributed by atoms with Crippen molar-refractivity contribution in [1.82, 2.24) is 5.32 Å². The lowest BCUT2D eigenvalue weighted by molar-refractivity contribution is 0.201. The van der Waals surface area contributed by atoms with Crippen LogP contribution >= 0.6 is 33.9 Å². The summed E-state index contributed by atoms with van der Waals surface area (Å²) in [6, 6.07) is 10.1. The van der Waals surface area contributed by atoms with Crippen LogP contribution in [0.4, 0.5) is 0 Å². The minimum atomic E-state index is 0.0444. The Bertz CT molecular complexity index is 498. The Hall–Kier alpha value is -0.630. The van der Waals surface area contributed by atoms with Gasteiger partial charge in [-0.2, -0.15) is 0 Å². The third kappa shape index (κ3) is 4.76. The van der Waals surface area contributed by atoms with Gasteiger partial charge in [-0.05, 0) is 51.7 Å². The number of rotatable bonds is 7. The molecule has 2 N–H and O–H groups in total. The van der Waals surface area contributed by atoms with Crippen LogP contribution in [-0.2, 0) is 13.1 Å². The Morgan fingerprint density at radius 2 is 1.95 bits per heavy atom. The average molecular weight is 389 g/mol. The van der Waals surface area contributed by atoms with E-state index in [0.29, 0.717) is 6.61 Å². The third-order valence-electron chi connectivity index (χ3n) is 2.59. The molecule has 0 amide bonds. The summed E-state index contributed by atoms with van der Waals surface area (Å²) in [6.07, 6.45) is 0. The molecule has 1 aromatic carbocycles. The fourth-order valence-electron chi connectivity index (χ4n) is 1.64. The predicted octanol–water partition coefficient (Wildman–Crippen LogP) is 3.01. The summed E-state index contributed by atoms with van der Waals surface area (Å²) in [5.74, 6) is 0.797. The molecule has 2 aromatic rings. The first-order valence-electron chi connectivity index (χ1n) is 6.05. The Kier molecular flexibility index (Phi) is 6.09. The number of ether oxygens (including phenoxy) is 1. The molecule has 0 spiro atoms. The first kappa shape index (κ1) is 14.8. The number of halogens is 1. The van der Waals surface area contributed by atoms with Crippen LogP contribution < -0.4 is 10.1 Å². The quantitative estimate of drug-likeness (QED) is 0.716. The predicted molar refractivity (Wildman–Crippen MR) is 86.6 cm³/mol. The molecule has 0 aliphatic heterocycles. The van der Waals surface area contributed by atoms with Gasteiger partial charge in [-0.3, -0.25) is 0 Å². The van der Waals surface area contributed by atoms with Crippen LogP contribution in [0.5, 0.6) is 5.75 Å². The molecule has 0 atom stereocenters. The van der Waals surface area contributed by atoms with Gasteiger partial charge in [-0.15, -0.1) is 11.3 Å². The number of thiophene rings is 1. The molecule has 0 fully saturated rings. The zero-order valence-corrected chi connectivity index (χ0v) is 13.4. The summed E-state index contributed by atoms with van der Waals surface area (Å²) in [6.45, 7) is 2.13.